The van der Waals surface area contributed by atoms with Crippen molar-refractivity contribution in [3.8, 4) is 0 Å². The largest absolute Gasteiger partial charge is 0.336 e. The van der Waals surface area contributed by atoms with Crippen molar-refractivity contribution in [2.45, 2.75) is 25.0 Å². The van der Waals surface area contributed by atoms with Gasteiger partial charge < -0.3 is 4.57 Å². The maximum Gasteiger partial charge on any atom is 0.262 e. The second-order valence-electron chi connectivity index (χ2n) is 4.06. The molecule has 0 unspecified atom stereocenters. The van der Waals surface area contributed by atoms with Crippen molar-refractivity contribution in [2.75, 3.05) is 7.05 Å². The summed E-state index contributed by atoms with van der Waals surface area (Å²) >= 11 is 4.90. The Labute approximate surface area is 125 Å². The van der Waals surface area contributed by atoms with Crippen molar-refractivity contribution in [3.63, 3.8) is 0 Å². The molecule has 0 aliphatic carbocycles. The zero-order chi connectivity index (χ0) is 14.0. The van der Waals surface area contributed by atoms with Gasteiger partial charge in [0.1, 0.15) is 0 Å². The van der Waals surface area contributed by atoms with Crippen LogP contribution in [-0.2, 0) is 23.1 Å². The lowest BCUT2D eigenvalue weighted by molar-refractivity contribution is 0.464. The van der Waals surface area contributed by atoms with Crippen molar-refractivity contribution < 1.29 is 8.42 Å². The molecule has 0 aromatic carbocycles. The Morgan fingerprint density at radius 3 is 2.79 bits per heavy atom. The smallest absolute Gasteiger partial charge is 0.262 e. The summed E-state index contributed by atoms with van der Waals surface area (Å²) in [5.41, 5.74) is 0.956. The van der Waals surface area contributed by atoms with Crippen LogP contribution in [0.4, 0.5) is 0 Å². The summed E-state index contributed by atoms with van der Waals surface area (Å²) in [6, 6.07) is 1.92. The van der Waals surface area contributed by atoms with Crippen LogP contribution in [0.3, 0.4) is 0 Å². The van der Waals surface area contributed by atoms with E-state index in [1.54, 1.807) is 17.8 Å². The highest BCUT2D eigenvalue weighted by Crippen LogP contribution is 2.23. The van der Waals surface area contributed by atoms with Crippen molar-refractivity contribution in [1.82, 2.24) is 13.9 Å². The Balaban J connectivity index is 2.19. The molecule has 0 bridgehead atoms. The molecule has 2 aromatic heterocycles. The van der Waals surface area contributed by atoms with Crippen molar-refractivity contribution in [1.29, 1.82) is 0 Å². The van der Waals surface area contributed by atoms with Gasteiger partial charge in [-0.15, -0.1) is 11.3 Å². The SMILES string of the molecule is CCn1cnc(S(=O)(=O)N(C)Cc2csc(Br)c2)c1. The molecule has 0 fully saturated rings. The minimum Gasteiger partial charge on any atom is -0.336 e. The number of hydrogen-bond acceptors (Lipinski definition) is 4. The molecule has 8 heteroatoms. The molecule has 104 valence electrons. The van der Waals surface area contributed by atoms with Gasteiger partial charge in [-0.2, -0.15) is 4.31 Å². The van der Waals surface area contributed by atoms with E-state index in [4.69, 9.17) is 0 Å². The van der Waals surface area contributed by atoms with E-state index < -0.39 is 10.0 Å². The lowest BCUT2D eigenvalue weighted by atomic mass is 10.3. The Morgan fingerprint density at radius 2 is 2.26 bits per heavy atom. The molecule has 5 nitrogen and oxygen atoms in total. The Kier molecular flexibility index (Phi) is 4.44. The fourth-order valence-electron chi connectivity index (χ4n) is 1.58. The van der Waals surface area contributed by atoms with Crippen molar-refractivity contribution in [3.05, 3.63) is 33.3 Å². The maximum atomic E-state index is 12.3. The topological polar surface area (TPSA) is 55.2 Å². The number of hydrogen-bond donors (Lipinski definition) is 0. The molecule has 2 aromatic rings. The zero-order valence-electron chi connectivity index (χ0n) is 10.6. The molecule has 0 saturated carbocycles. The van der Waals surface area contributed by atoms with Gasteiger partial charge in [0.05, 0.1) is 10.1 Å². The Morgan fingerprint density at radius 1 is 1.53 bits per heavy atom. The molecule has 0 aliphatic rings. The van der Waals surface area contributed by atoms with Gasteiger partial charge in [0.2, 0.25) is 0 Å². The summed E-state index contributed by atoms with van der Waals surface area (Å²) in [7, 11) is -1.97. The summed E-state index contributed by atoms with van der Waals surface area (Å²) < 4.78 is 28.7. The van der Waals surface area contributed by atoms with Gasteiger partial charge in [-0.3, -0.25) is 0 Å². The number of nitrogens with zero attached hydrogens (tertiary/aromatic N) is 3. The van der Waals surface area contributed by atoms with Crippen LogP contribution in [-0.4, -0.2) is 29.3 Å². The third-order valence-electron chi connectivity index (χ3n) is 2.68. The quantitative estimate of drug-likeness (QED) is 0.819. The van der Waals surface area contributed by atoms with Gasteiger partial charge in [0.15, 0.2) is 5.03 Å². The lowest BCUT2D eigenvalue weighted by Crippen LogP contribution is -2.26. The van der Waals surface area contributed by atoms with E-state index in [1.807, 2.05) is 18.4 Å². The molecule has 0 spiro atoms. The molecular formula is C11H14BrN3O2S2. The summed E-state index contributed by atoms with van der Waals surface area (Å²) in [6.45, 7) is 2.97. The molecule has 2 heterocycles. The molecule has 19 heavy (non-hydrogen) atoms. The molecule has 0 amide bonds. The molecule has 0 N–H and O–H groups in total. The predicted octanol–water partition coefficient (Wildman–Crippen LogP) is 2.55. The number of halogens is 1. The standard InChI is InChI=1S/C11H14BrN3O2S2/c1-3-15-6-11(13-8-15)19(16,17)14(2)5-9-4-10(12)18-7-9/h4,6-8H,3,5H2,1-2H3. The van der Waals surface area contributed by atoms with E-state index in [-0.39, 0.29) is 5.03 Å². The number of rotatable bonds is 5. The number of imidazole rings is 1. The highest BCUT2D eigenvalue weighted by molar-refractivity contribution is 9.11. The first-order valence-corrected chi connectivity index (χ1v) is 8.75. The van der Waals surface area contributed by atoms with E-state index in [1.165, 1.54) is 22.0 Å². The summed E-state index contributed by atoms with van der Waals surface area (Å²) in [5.74, 6) is 0. The third-order valence-corrected chi connectivity index (χ3v) is 5.92. The number of sulfonamides is 1. The first kappa shape index (κ1) is 14.7. The number of aryl methyl sites for hydroxylation is 1. The average molecular weight is 364 g/mol. The molecule has 0 radical (unpaired) electrons. The van der Waals surface area contributed by atoms with E-state index >= 15 is 0 Å². The van der Waals surface area contributed by atoms with Gasteiger partial charge in [0.25, 0.3) is 10.0 Å². The maximum absolute atomic E-state index is 12.3. The molecule has 2 rings (SSSR count). The van der Waals surface area contributed by atoms with E-state index in [9.17, 15) is 8.42 Å². The van der Waals surface area contributed by atoms with E-state index in [0.717, 1.165) is 9.35 Å². The minimum absolute atomic E-state index is 0.0890. The van der Waals surface area contributed by atoms with Gasteiger partial charge >= 0.3 is 0 Å². The minimum atomic E-state index is -3.53. The van der Waals surface area contributed by atoms with Gasteiger partial charge in [0, 0.05) is 26.3 Å². The van der Waals surface area contributed by atoms with Crippen LogP contribution >= 0.6 is 27.3 Å². The lowest BCUT2D eigenvalue weighted by Gasteiger charge is -2.14. The summed E-state index contributed by atoms with van der Waals surface area (Å²) in [5, 5.41) is 2.02. The van der Waals surface area contributed by atoms with Crippen LogP contribution in [0.15, 0.2) is 32.8 Å². The first-order valence-electron chi connectivity index (χ1n) is 5.64. The highest BCUT2D eigenvalue weighted by Gasteiger charge is 2.23. The Hall–Kier alpha value is -0.700. The van der Waals surface area contributed by atoms with Crippen LogP contribution in [0.5, 0.6) is 0 Å². The predicted molar refractivity (Wildman–Crippen MR) is 78.6 cm³/mol. The van der Waals surface area contributed by atoms with Crippen molar-refractivity contribution in [2.24, 2.45) is 0 Å². The van der Waals surface area contributed by atoms with Crippen LogP contribution in [0, 0.1) is 0 Å². The van der Waals surface area contributed by atoms with Gasteiger partial charge in [-0.1, -0.05) is 0 Å². The second kappa shape index (κ2) is 5.74. The number of aromatic nitrogens is 2. The van der Waals surface area contributed by atoms with E-state index in [0.29, 0.717) is 13.1 Å². The summed E-state index contributed by atoms with van der Waals surface area (Å²) in [4.78, 5) is 3.95. The van der Waals surface area contributed by atoms with Crippen LogP contribution < -0.4 is 0 Å². The Bertz CT molecular complexity index is 663. The van der Waals surface area contributed by atoms with Crippen LogP contribution in [0.1, 0.15) is 12.5 Å². The molecule has 0 atom stereocenters. The molecule has 0 saturated heterocycles. The normalized spacial score (nSPS) is 12.2. The van der Waals surface area contributed by atoms with Gasteiger partial charge in [-0.25, -0.2) is 13.4 Å². The van der Waals surface area contributed by atoms with Crippen LogP contribution in [0.2, 0.25) is 0 Å². The highest BCUT2D eigenvalue weighted by atomic mass is 79.9. The number of thiophene rings is 1. The van der Waals surface area contributed by atoms with Crippen LogP contribution in [0.25, 0.3) is 0 Å². The van der Waals surface area contributed by atoms with E-state index in [2.05, 4.69) is 20.9 Å². The van der Waals surface area contributed by atoms with Crippen molar-refractivity contribution >= 4 is 37.3 Å². The summed E-state index contributed by atoms with van der Waals surface area (Å²) in [6.07, 6.45) is 3.08. The first-order chi connectivity index (χ1) is 8.93. The average Bonchev–Trinajstić information content (AvgIpc) is 2.98. The monoisotopic (exact) mass is 363 g/mol. The fourth-order valence-corrected chi connectivity index (χ4v) is 3.86. The fraction of sp³-hybridized carbons (Fsp3) is 0.364. The third kappa shape index (κ3) is 3.25. The molecular weight excluding hydrogens is 350 g/mol. The van der Waals surface area contributed by atoms with Gasteiger partial charge in [-0.05, 0) is 39.9 Å². The molecule has 0 aliphatic heterocycles. The second-order valence-corrected chi connectivity index (χ2v) is 8.34. The zero-order valence-corrected chi connectivity index (χ0v) is 13.8.